The quantitative estimate of drug-likeness (QED) is 0.0345. The number of urea groups is 1. The minimum Gasteiger partial charge on any atom is -0.505 e. The molecule has 0 heterocycles. The van der Waals surface area contributed by atoms with E-state index in [0.29, 0.717) is 0 Å². The van der Waals surface area contributed by atoms with Crippen molar-refractivity contribution in [3.8, 4) is 23.0 Å². The largest absolute Gasteiger partial charge is 0.505 e. The topological polar surface area (TPSA) is 367 Å². The summed E-state index contributed by atoms with van der Waals surface area (Å²) >= 11 is 0. The van der Waals surface area contributed by atoms with Crippen molar-refractivity contribution in [2.24, 2.45) is 20.5 Å². The van der Waals surface area contributed by atoms with E-state index in [1.54, 1.807) is 13.8 Å². The zero-order chi connectivity index (χ0) is 46.9. The van der Waals surface area contributed by atoms with Crippen LogP contribution in [-0.2, 0) is 40.5 Å². The molecule has 2 amide bonds. The molecule has 8 N–H and O–H groups in total. The SMILES string of the molecule is CCOc1ccc(N=Nc2c(S(=O)(=O)O)cc3cc(NC(=O)Nc4ccc5c(O)c(N=Nc6ccc(OCC)c(S(=O)(=O)O)c6)c(S(=O)(=O)O)cc5c4)ccc3c2O)cc1S(=O)(=O)O.[Na].[Na].[Na].[Na]. The van der Waals surface area contributed by atoms with Crippen molar-refractivity contribution < 1.29 is 76.4 Å². The molecule has 0 saturated carbocycles. The summed E-state index contributed by atoms with van der Waals surface area (Å²) in [7, 11) is -19.8. The first-order valence-electron chi connectivity index (χ1n) is 17.8. The Hall–Kier alpha value is -2.85. The molecule has 6 aromatic carbocycles. The van der Waals surface area contributed by atoms with Gasteiger partial charge in [0.25, 0.3) is 40.5 Å². The van der Waals surface area contributed by atoms with E-state index >= 15 is 0 Å². The van der Waals surface area contributed by atoms with E-state index in [4.69, 9.17) is 9.47 Å². The van der Waals surface area contributed by atoms with E-state index in [2.05, 4.69) is 31.1 Å². The predicted molar refractivity (Wildman–Crippen MR) is 250 cm³/mol. The number of azo groups is 2. The molecule has 6 aromatic rings. The van der Waals surface area contributed by atoms with E-state index in [0.717, 1.165) is 36.4 Å². The first-order chi connectivity index (χ1) is 29.9. The van der Waals surface area contributed by atoms with Crippen LogP contribution in [0.5, 0.6) is 23.0 Å². The van der Waals surface area contributed by atoms with Crippen LogP contribution in [0.25, 0.3) is 21.5 Å². The number of aromatic hydroxyl groups is 2. The van der Waals surface area contributed by atoms with Gasteiger partial charge in [-0.2, -0.15) is 43.9 Å². The van der Waals surface area contributed by atoms with Crippen molar-refractivity contribution in [1.82, 2.24) is 0 Å². The minimum atomic E-state index is -5.12. The molecule has 0 spiro atoms. The van der Waals surface area contributed by atoms with Crippen molar-refractivity contribution in [1.29, 1.82) is 0 Å². The number of nitrogens with one attached hydrogen (secondary N) is 2. The summed E-state index contributed by atoms with van der Waals surface area (Å²) in [5.74, 6) is -1.99. The maximum atomic E-state index is 13.1. The number of amides is 2. The Bertz CT molecular complexity index is 3220. The average Bonchev–Trinajstić information content (AvgIpc) is 3.19. The summed E-state index contributed by atoms with van der Waals surface area (Å²) < 4.78 is 147. The van der Waals surface area contributed by atoms with Crippen LogP contribution < -0.4 is 20.1 Å². The van der Waals surface area contributed by atoms with Crippen LogP contribution in [0, 0.1) is 0 Å². The van der Waals surface area contributed by atoms with Crippen LogP contribution in [0.1, 0.15) is 13.8 Å². The van der Waals surface area contributed by atoms with Gasteiger partial charge in [0, 0.05) is 140 Å². The van der Waals surface area contributed by atoms with Gasteiger partial charge in [0.1, 0.15) is 42.5 Å². The van der Waals surface area contributed by atoms with Crippen LogP contribution in [-0.4, -0.2) is 200 Å². The monoisotopic (exact) mass is 1050 g/mol. The van der Waals surface area contributed by atoms with Crippen molar-refractivity contribution in [3.63, 3.8) is 0 Å². The number of hydrogen-bond donors (Lipinski definition) is 8. The molecule has 0 saturated heterocycles. The fourth-order valence-electron chi connectivity index (χ4n) is 6.02. The van der Waals surface area contributed by atoms with Crippen LogP contribution in [0.4, 0.5) is 38.9 Å². The maximum Gasteiger partial charge on any atom is 0.323 e. The van der Waals surface area contributed by atoms with Gasteiger partial charge in [0.2, 0.25) is 0 Å². The standard InChI is InChI=1S/C37H32N6O17S4.4Na/c1-3-59-27-11-7-23(17-29(27)61(47,48)49)40-42-33-31(63(53,54)55)15-19-13-21(5-9-25(19)35(33)44)38-37(46)39-22-6-10-26-20(14-22)16-32(64(56,57)58)34(36(26)45)43-41-24-8-12-28(60-4-2)30(18-24)62(50,51)52;;;;/h5-18,44-45H,3-4H2,1-2H3,(H2,38,39,46)(H,47,48,49)(H,50,51,52)(H,53,54,55)(H,56,57,58);;;;. The normalized spacial score (nSPS) is 11.9. The predicted octanol–water partition coefficient (Wildman–Crippen LogP) is 6.14. The molecule has 0 aromatic heterocycles. The molecule has 340 valence electrons. The summed E-state index contributed by atoms with van der Waals surface area (Å²) in [6.07, 6.45) is 0. The Morgan fingerprint density at radius 2 is 0.824 bits per heavy atom. The number of anilines is 2. The Labute approximate surface area is 476 Å². The summed E-state index contributed by atoms with van der Waals surface area (Å²) in [5.41, 5.74) is -1.90. The first kappa shape index (κ1) is 61.3. The van der Waals surface area contributed by atoms with E-state index in [-0.39, 0.29) is 187 Å². The van der Waals surface area contributed by atoms with Gasteiger partial charge < -0.3 is 30.3 Å². The Kier molecular flexibility index (Phi) is 22.1. The number of benzene rings is 6. The number of carbonyl (C=O) groups is 1. The molecule has 31 heteroatoms. The van der Waals surface area contributed by atoms with Gasteiger partial charge in [-0.1, -0.05) is 0 Å². The third-order valence-electron chi connectivity index (χ3n) is 8.71. The number of nitrogens with zero attached hydrogens (tertiary/aromatic N) is 4. The molecule has 23 nitrogen and oxygen atoms in total. The second-order valence-electron chi connectivity index (χ2n) is 13.0. The number of hydrogen-bond acceptors (Lipinski definition) is 17. The van der Waals surface area contributed by atoms with Crippen molar-refractivity contribution in [2.75, 3.05) is 23.8 Å². The van der Waals surface area contributed by atoms with Gasteiger partial charge in [-0.15, -0.1) is 10.2 Å². The molecule has 0 unspecified atom stereocenters. The maximum absolute atomic E-state index is 13.1. The van der Waals surface area contributed by atoms with Crippen molar-refractivity contribution >= 4 is 220 Å². The van der Waals surface area contributed by atoms with Crippen LogP contribution in [0.15, 0.2) is 125 Å². The van der Waals surface area contributed by atoms with Gasteiger partial charge in [-0.3, -0.25) is 18.2 Å². The Balaban J connectivity index is 0.00000397. The molecule has 68 heavy (non-hydrogen) atoms. The van der Waals surface area contributed by atoms with Gasteiger partial charge in [0.15, 0.2) is 11.5 Å². The van der Waals surface area contributed by atoms with E-state index in [1.807, 2.05) is 0 Å². The Morgan fingerprint density at radius 3 is 1.13 bits per heavy atom. The summed E-state index contributed by atoms with van der Waals surface area (Å²) in [6.45, 7) is 3.24. The fourth-order valence-corrected chi connectivity index (χ4v) is 8.64. The number of phenols is 2. The second-order valence-corrected chi connectivity index (χ2v) is 18.6. The molecular formula is C37H32N6Na4O17S4. The van der Waals surface area contributed by atoms with E-state index < -0.39 is 89.0 Å². The number of ether oxygens (including phenoxy) is 2. The molecule has 0 aliphatic heterocycles. The molecule has 0 fully saturated rings. The zero-order valence-corrected chi connectivity index (χ0v) is 47.9. The second kappa shape index (κ2) is 24.5. The molecule has 0 atom stereocenters. The zero-order valence-electron chi connectivity index (χ0n) is 36.6. The van der Waals surface area contributed by atoms with Gasteiger partial charge >= 0.3 is 6.03 Å². The van der Waals surface area contributed by atoms with Gasteiger partial charge in [0.05, 0.1) is 24.6 Å². The summed E-state index contributed by atoms with van der Waals surface area (Å²) in [4.78, 5) is 9.91. The molecule has 6 rings (SSSR count). The third-order valence-corrected chi connectivity index (χ3v) is 12.2. The minimum absolute atomic E-state index is 0. The molecular weight excluding hydrogens is 1020 g/mol. The van der Waals surface area contributed by atoms with Gasteiger partial charge in [-0.05, 0) is 110 Å². The summed E-state index contributed by atoms with van der Waals surface area (Å²) in [5, 5.41) is 42.0. The van der Waals surface area contributed by atoms with Crippen LogP contribution >= 0.6 is 0 Å². The van der Waals surface area contributed by atoms with Crippen LogP contribution in [0.2, 0.25) is 0 Å². The average molecular weight is 1050 g/mol. The van der Waals surface area contributed by atoms with E-state index in [1.165, 1.54) is 48.5 Å². The van der Waals surface area contributed by atoms with Crippen molar-refractivity contribution in [3.05, 3.63) is 84.9 Å². The molecule has 0 aliphatic rings. The molecule has 0 aliphatic carbocycles. The summed E-state index contributed by atoms with van der Waals surface area (Å²) in [6, 6.07) is 15.0. The number of rotatable bonds is 14. The molecule has 4 radical (unpaired) electrons. The number of phenolic OH excluding ortho intramolecular Hbond substituents is 2. The fraction of sp³-hybridized carbons (Fsp3) is 0.108. The smallest absolute Gasteiger partial charge is 0.323 e. The third kappa shape index (κ3) is 14.6. The van der Waals surface area contributed by atoms with E-state index in [9.17, 15) is 66.9 Å². The van der Waals surface area contributed by atoms with Crippen molar-refractivity contribution in [2.45, 2.75) is 33.4 Å². The number of carbonyl (C=O) groups excluding carboxylic acids is 1. The molecule has 0 bridgehead atoms. The number of fused-ring (bicyclic) bond motifs is 2. The van der Waals surface area contributed by atoms with Gasteiger partial charge in [-0.25, -0.2) is 4.79 Å². The Morgan fingerprint density at radius 1 is 0.485 bits per heavy atom. The van der Waals surface area contributed by atoms with Crippen LogP contribution in [0.3, 0.4) is 0 Å². The first-order valence-corrected chi connectivity index (χ1v) is 23.6.